The predicted octanol–water partition coefficient (Wildman–Crippen LogP) is 1.93. The summed E-state index contributed by atoms with van der Waals surface area (Å²) in [6.07, 6.45) is 0. The van der Waals surface area contributed by atoms with Gasteiger partial charge in [0.05, 0.1) is 6.54 Å². The number of carbonyl (C=O) groups is 1. The van der Waals surface area contributed by atoms with Crippen LogP contribution < -0.4 is 0 Å². The number of hydrogen-bond acceptors (Lipinski definition) is 3. The molecule has 0 aromatic heterocycles. The molecule has 6 heteroatoms. The molecule has 0 aliphatic heterocycles. The van der Waals surface area contributed by atoms with E-state index in [1.54, 1.807) is 11.0 Å². The first-order valence-electron chi connectivity index (χ1n) is 5.90. The fraction of sp³-hybridized carbons (Fsp3) is 0.462. The number of benzene rings is 1. The maximum atomic E-state index is 13.2. The Bertz CT molecular complexity index is 420. The fourth-order valence-electron chi connectivity index (χ4n) is 1.71. The van der Waals surface area contributed by atoms with Crippen LogP contribution in [0.3, 0.4) is 0 Å². The number of rotatable bonds is 7. The minimum absolute atomic E-state index is 0.0814. The monoisotopic (exact) mass is 288 g/mol. The SMILES string of the molecule is CN(C)CCN(CC(=O)O)Cc1cc(F)cc(Cl)c1. The standard InChI is InChI=1S/C13H18ClFN2O2/c1-16(2)3-4-17(9-13(18)19)8-10-5-11(14)7-12(15)6-10/h5-7H,3-4,8-9H2,1-2H3,(H,18,19). The van der Waals surface area contributed by atoms with Gasteiger partial charge in [0.15, 0.2) is 0 Å². The highest BCUT2D eigenvalue weighted by Crippen LogP contribution is 2.15. The van der Waals surface area contributed by atoms with Crippen molar-refractivity contribution in [2.24, 2.45) is 0 Å². The van der Waals surface area contributed by atoms with E-state index in [0.29, 0.717) is 23.7 Å². The van der Waals surface area contributed by atoms with Crippen LogP contribution in [-0.4, -0.2) is 54.6 Å². The molecule has 1 N–H and O–H groups in total. The second-order valence-electron chi connectivity index (χ2n) is 4.69. The lowest BCUT2D eigenvalue weighted by atomic mass is 10.2. The molecule has 0 aliphatic rings. The van der Waals surface area contributed by atoms with Crippen molar-refractivity contribution in [2.45, 2.75) is 6.54 Å². The third-order valence-corrected chi connectivity index (χ3v) is 2.77. The van der Waals surface area contributed by atoms with Crippen molar-refractivity contribution in [2.75, 3.05) is 33.7 Å². The van der Waals surface area contributed by atoms with Crippen molar-refractivity contribution in [1.82, 2.24) is 9.80 Å². The number of hydrogen-bond donors (Lipinski definition) is 1. The van der Waals surface area contributed by atoms with Gasteiger partial charge in [-0.2, -0.15) is 0 Å². The molecule has 1 aromatic rings. The van der Waals surface area contributed by atoms with Crippen molar-refractivity contribution in [3.05, 3.63) is 34.6 Å². The third-order valence-electron chi connectivity index (χ3n) is 2.55. The van der Waals surface area contributed by atoms with Crippen LogP contribution >= 0.6 is 11.6 Å². The van der Waals surface area contributed by atoms with Crippen molar-refractivity contribution in [3.8, 4) is 0 Å². The molecule has 106 valence electrons. The minimum atomic E-state index is -0.902. The highest BCUT2D eigenvalue weighted by molar-refractivity contribution is 6.30. The second kappa shape index (κ2) is 7.43. The summed E-state index contributed by atoms with van der Waals surface area (Å²) < 4.78 is 13.2. The molecule has 0 saturated carbocycles. The molecule has 0 atom stereocenters. The largest absolute Gasteiger partial charge is 0.480 e. The van der Waals surface area contributed by atoms with E-state index in [9.17, 15) is 9.18 Å². The van der Waals surface area contributed by atoms with Crippen LogP contribution in [0, 0.1) is 5.82 Å². The van der Waals surface area contributed by atoms with Gasteiger partial charge < -0.3 is 10.0 Å². The van der Waals surface area contributed by atoms with Crippen LogP contribution in [0.2, 0.25) is 5.02 Å². The summed E-state index contributed by atoms with van der Waals surface area (Å²) in [5.41, 5.74) is 0.671. The van der Waals surface area contributed by atoms with Crippen LogP contribution in [0.25, 0.3) is 0 Å². The molecule has 0 fully saturated rings. The molecule has 19 heavy (non-hydrogen) atoms. The highest BCUT2D eigenvalue weighted by Gasteiger charge is 2.11. The predicted molar refractivity (Wildman–Crippen MR) is 72.9 cm³/mol. The summed E-state index contributed by atoms with van der Waals surface area (Å²) in [4.78, 5) is 14.5. The maximum absolute atomic E-state index is 13.2. The van der Waals surface area contributed by atoms with E-state index in [4.69, 9.17) is 16.7 Å². The second-order valence-corrected chi connectivity index (χ2v) is 5.12. The molecule has 0 bridgehead atoms. The number of halogens is 2. The lowest BCUT2D eigenvalue weighted by Crippen LogP contribution is -2.35. The Morgan fingerprint density at radius 1 is 1.32 bits per heavy atom. The van der Waals surface area contributed by atoms with Gasteiger partial charge in [-0.1, -0.05) is 11.6 Å². The number of likely N-dealkylation sites (N-methyl/N-ethyl adjacent to an activating group) is 1. The molecule has 4 nitrogen and oxygen atoms in total. The summed E-state index contributed by atoms with van der Waals surface area (Å²) in [5.74, 6) is -1.31. The molecule has 1 aromatic carbocycles. The number of carboxylic acids is 1. The van der Waals surface area contributed by atoms with Crippen LogP contribution in [0.4, 0.5) is 4.39 Å². The Balaban J connectivity index is 2.71. The smallest absolute Gasteiger partial charge is 0.317 e. The molecule has 0 saturated heterocycles. The van der Waals surface area contributed by atoms with Gasteiger partial charge in [-0.15, -0.1) is 0 Å². The minimum Gasteiger partial charge on any atom is -0.480 e. The van der Waals surface area contributed by atoms with E-state index in [-0.39, 0.29) is 6.54 Å². The van der Waals surface area contributed by atoms with Crippen molar-refractivity contribution >= 4 is 17.6 Å². The summed E-state index contributed by atoms with van der Waals surface area (Å²) in [6.45, 7) is 1.60. The number of nitrogens with zero attached hydrogens (tertiary/aromatic N) is 2. The third kappa shape index (κ3) is 6.52. The zero-order chi connectivity index (χ0) is 14.4. The average Bonchev–Trinajstić information content (AvgIpc) is 2.23. The molecular formula is C13H18ClFN2O2. The Kier molecular flexibility index (Phi) is 6.21. The van der Waals surface area contributed by atoms with Gasteiger partial charge in [-0.05, 0) is 37.9 Å². The van der Waals surface area contributed by atoms with Crippen molar-refractivity contribution in [1.29, 1.82) is 0 Å². The molecule has 0 unspecified atom stereocenters. The Morgan fingerprint density at radius 2 is 2.00 bits per heavy atom. The summed E-state index contributed by atoms with van der Waals surface area (Å²) in [7, 11) is 3.83. The van der Waals surface area contributed by atoms with Crippen LogP contribution in [-0.2, 0) is 11.3 Å². The van der Waals surface area contributed by atoms with E-state index in [1.165, 1.54) is 12.1 Å². The van der Waals surface area contributed by atoms with E-state index >= 15 is 0 Å². The zero-order valence-corrected chi connectivity index (χ0v) is 11.8. The Labute approximate surface area is 117 Å². The quantitative estimate of drug-likeness (QED) is 0.833. The maximum Gasteiger partial charge on any atom is 0.317 e. The van der Waals surface area contributed by atoms with E-state index < -0.39 is 11.8 Å². The van der Waals surface area contributed by atoms with Gasteiger partial charge in [0.25, 0.3) is 0 Å². The molecule has 0 aliphatic carbocycles. The lowest BCUT2D eigenvalue weighted by Gasteiger charge is -2.22. The van der Waals surface area contributed by atoms with Gasteiger partial charge in [-0.25, -0.2) is 4.39 Å². The fourth-order valence-corrected chi connectivity index (χ4v) is 1.95. The molecule has 0 spiro atoms. The van der Waals surface area contributed by atoms with Crippen molar-refractivity contribution < 1.29 is 14.3 Å². The Hall–Kier alpha value is -1.17. The summed E-state index contributed by atoms with van der Waals surface area (Å²) in [6, 6.07) is 4.25. The molecular weight excluding hydrogens is 271 g/mol. The van der Waals surface area contributed by atoms with Crippen LogP contribution in [0.1, 0.15) is 5.56 Å². The highest BCUT2D eigenvalue weighted by atomic mass is 35.5. The van der Waals surface area contributed by atoms with E-state index in [2.05, 4.69) is 0 Å². The normalized spacial score (nSPS) is 11.3. The Morgan fingerprint density at radius 3 is 2.53 bits per heavy atom. The number of aliphatic carboxylic acids is 1. The van der Waals surface area contributed by atoms with E-state index in [1.807, 2.05) is 19.0 Å². The average molecular weight is 289 g/mol. The van der Waals surface area contributed by atoms with Gasteiger partial charge >= 0.3 is 5.97 Å². The topological polar surface area (TPSA) is 43.8 Å². The summed E-state index contributed by atoms with van der Waals surface area (Å²) >= 11 is 5.78. The van der Waals surface area contributed by atoms with Crippen LogP contribution in [0.15, 0.2) is 18.2 Å². The van der Waals surface area contributed by atoms with E-state index in [0.717, 1.165) is 6.54 Å². The van der Waals surface area contributed by atoms with Crippen LogP contribution in [0.5, 0.6) is 0 Å². The lowest BCUT2D eigenvalue weighted by molar-refractivity contribution is -0.138. The number of carboxylic acid groups (broad SMARTS) is 1. The zero-order valence-electron chi connectivity index (χ0n) is 11.1. The van der Waals surface area contributed by atoms with Gasteiger partial charge in [0, 0.05) is 24.7 Å². The van der Waals surface area contributed by atoms with Crippen molar-refractivity contribution in [3.63, 3.8) is 0 Å². The van der Waals surface area contributed by atoms with Gasteiger partial charge in [0.1, 0.15) is 5.82 Å². The molecule has 0 heterocycles. The molecule has 0 radical (unpaired) electrons. The first-order chi connectivity index (χ1) is 8.86. The molecule has 0 amide bonds. The first kappa shape index (κ1) is 15.9. The summed E-state index contributed by atoms with van der Waals surface area (Å²) in [5, 5.41) is 9.20. The molecule has 1 rings (SSSR count). The first-order valence-corrected chi connectivity index (χ1v) is 6.28. The van der Waals surface area contributed by atoms with Gasteiger partial charge in [-0.3, -0.25) is 9.69 Å². The van der Waals surface area contributed by atoms with Gasteiger partial charge in [0.2, 0.25) is 0 Å².